The van der Waals surface area contributed by atoms with Crippen molar-refractivity contribution >= 4 is 17.4 Å². The van der Waals surface area contributed by atoms with Crippen LogP contribution in [0.3, 0.4) is 0 Å². The summed E-state index contributed by atoms with van der Waals surface area (Å²) in [5.41, 5.74) is 1.47. The quantitative estimate of drug-likeness (QED) is 0.342. The summed E-state index contributed by atoms with van der Waals surface area (Å²) in [5.74, 6) is -1.22. The molecule has 0 radical (unpaired) electrons. The molecule has 2 N–H and O–H groups in total. The minimum Gasteiger partial charge on any atom is -0.872 e. The Morgan fingerprint density at radius 3 is 2.48 bits per heavy atom. The fraction of sp³-hybridized carbons (Fsp3) is 0.360. The molecule has 0 bridgehead atoms. The number of Topliss-reactive ketones (excluding diaryl/α,β-unsaturated/α-hetero) is 1. The van der Waals surface area contributed by atoms with Crippen LogP contribution in [0.4, 0.5) is 0 Å². The fourth-order valence-corrected chi connectivity index (χ4v) is 3.94. The van der Waals surface area contributed by atoms with Gasteiger partial charge in [-0.1, -0.05) is 17.9 Å². The molecule has 2 aromatic carbocycles. The number of nitrogens with zero attached hydrogens (tertiary/aromatic N) is 1. The fourth-order valence-electron chi connectivity index (χ4n) is 3.94. The van der Waals surface area contributed by atoms with E-state index >= 15 is 0 Å². The predicted molar refractivity (Wildman–Crippen MR) is 121 cm³/mol. The number of benzene rings is 2. The highest BCUT2D eigenvalue weighted by Gasteiger charge is 2.44. The smallest absolute Gasteiger partial charge is 0.295 e. The highest BCUT2D eigenvalue weighted by atomic mass is 16.5. The van der Waals surface area contributed by atoms with Gasteiger partial charge in [-0.15, -0.1) is 0 Å². The lowest BCUT2D eigenvalue weighted by Gasteiger charge is -2.28. The van der Waals surface area contributed by atoms with Crippen LogP contribution in [0.5, 0.6) is 17.2 Å². The molecule has 0 aromatic heterocycles. The second-order valence-electron chi connectivity index (χ2n) is 8.27. The monoisotopic (exact) mass is 454 g/mol. The number of methoxy groups -OCH3 is 1. The van der Waals surface area contributed by atoms with E-state index in [2.05, 4.69) is 0 Å². The predicted octanol–water partition coefficient (Wildman–Crippen LogP) is 0.476. The number of hydrogen-bond donors (Lipinski definition) is 2. The van der Waals surface area contributed by atoms with Crippen molar-refractivity contribution in [1.29, 1.82) is 0 Å². The van der Waals surface area contributed by atoms with Crippen molar-refractivity contribution in [3.8, 4) is 17.2 Å². The molecule has 1 amide bonds. The number of aromatic hydroxyl groups is 1. The van der Waals surface area contributed by atoms with Crippen LogP contribution < -0.4 is 19.5 Å². The van der Waals surface area contributed by atoms with Gasteiger partial charge in [0.15, 0.2) is 11.5 Å². The van der Waals surface area contributed by atoms with E-state index in [0.717, 1.165) is 10.5 Å². The number of ketones is 1. The van der Waals surface area contributed by atoms with Gasteiger partial charge in [0.25, 0.3) is 5.91 Å². The number of rotatable bonds is 8. The Hall–Kier alpha value is -3.52. The van der Waals surface area contributed by atoms with Crippen LogP contribution in [0, 0.1) is 6.92 Å². The van der Waals surface area contributed by atoms with Crippen molar-refractivity contribution in [2.45, 2.75) is 19.9 Å². The van der Waals surface area contributed by atoms with Gasteiger partial charge in [0.2, 0.25) is 5.78 Å². The minimum atomic E-state index is -0.876. The molecule has 33 heavy (non-hydrogen) atoms. The first-order valence-electron chi connectivity index (χ1n) is 10.9. The van der Waals surface area contributed by atoms with Crippen molar-refractivity contribution in [1.82, 2.24) is 4.90 Å². The molecular weight excluding hydrogens is 424 g/mol. The van der Waals surface area contributed by atoms with E-state index in [1.807, 2.05) is 14.1 Å². The zero-order chi connectivity index (χ0) is 24.3. The van der Waals surface area contributed by atoms with Gasteiger partial charge in [0, 0.05) is 5.57 Å². The number of quaternary nitrogens is 1. The van der Waals surface area contributed by atoms with E-state index < -0.39 is 23.5 Å². The van der Waals surface area contributed by atoms with E-state index in [0.29, 0.717) is 36.6 Å². The Balaban J connectivity index is 2.18. The third-order valence-corrected chi connectivity index (χ3v) is 5.64. The number of amides is 1. The summed E-state index contributed by atoms with van der Waals surface area (Å²) in [6, 6.07) is 8.67. The van der Waals surface area contributed by atoms with Crippen LogP contribution in [0.25, 0.3) is 5.76 Å². The molecule has 3 rings (SSSR count). The molecule has 8 heteroatoms. The molecule has 1 aliphatic heterocycles. The average Bonchev–Trinajstić information content (AvgIpc) is 3.03. The van der Waals surface area contributed by atoms with Gasteiger partial charge in [0.05, 0.1) is 46.9 Å². The number of ether oxygens (including phenoxy) is 2. The molecular formula is C25H30N2O6. The van der Waals surface area contributed by atoms with E-state index in [9.17, 15) is 19.8 Å². The summed E-state index contributed by atoms with van der Waals surface area (Å²) in [6.07, 6.45) is 0. The molecule has 0 spiro atoms. The first-order chi connectivity index (χ1) is 15.7. The van der Waals surface area contributed by atoms with Gasteiger partial charge < -0.3 is 29.5 Å². The number of aryl methyl sites for hydroxylation is 1. The van der Waals surface area contributed by atoms with E-state index in [1.54, 1.807) is 51.3 Å². The summed E-state index contributed by atoms with van der Waals surface area (Å²) in [4.78, 5) is 28.6. The van der Waals surface area contributed by atoms with Gasteiger partial charge >= 0.3 is 0 Å². The molecule has 1 aliphatic rings. The van der Waals surface area contributed by atoms with Gasteiger partial charge in [-0.05, 0) is 54.8 Å². The zero-order valence-corrected chi connectivity index (χ0v) is 19.6. The molecule has 0 saturated carbocycles. The summed E-state index contributed by atoms with van der Waals surface area (Å²) in [5, 5.41) is 23.7. The van der Waals surface area contributed by atoms with E-state index in [-0.39, 0.29) is 17.1 Å². The molecule has 0 aliphatic carbocycles. The molecule has 1 heterocycles. The molecule has 1 fully saturated rings. The third-order valence-electron chi connectivity index (χ3n) is 5.64. The van der Waals surface area contributed by atoms with Gasteiger partial charge in [-0.25, -0.2) is 0 Å². The minimum absolute atomic E-state index is 0.0563. The Labute approximate surface area is 193 Å². The summed E-state index contributed by atoms with van der Waals surface area (Å²) in [6.45, 7) is 4.80. The first kappa shape index (κ1) is 24.1. The number of nitrogens with one attached hydrogen (secondary N) is 1. The van der Waals surface area contributed by atoms with Gasteiger partial charge in [-0.3, -0.25) is 9.59 Å². The van der Waals surface area contributed by atoms with Crippen molar-refractivity contribution in [3.63, 3.8) is 0 Å². The molecule has 1 unspecified atom stereocenters. The number of likely N-dealkylation sites (tertiary alicyclic amines) is 1. The largest absolute Gasteiger partial charge is 0.872 e. The Bertz CT molecular complexity index is 1090. The van der Waals surface area contributed by atoms with Gasteiger partial charge in [-0.2, -0.15) is 0 Å². The standard InChI is InChI=1S/C25H30N2O6/c1-6-33-20-14-16(7-9-18(20)28)22-21(24(30)25(31)27(22)12-11-26(3)4)23(29)17-8-10-19(32-5)15(2)13-17/h7-10,13-14,22,28-29H,6,11-12H2,1-5H3/b23-21+. The van der Waals surface area contributed by atoms with Crippen molar-refractivity contribution < 1.29 is 34.2 Å². The van der Waals surface area contributed by atoms with Crippen LogP contribution in [0.1, 0.15) is 29.7 Å². The maximum Gasteiger partial charge on any atom is 0.295 e. The maximum absolute atomic E-state index is 13.5. The van der Waals surface area contributed by atoms with Crippen molar-refractivity contribution in [3.05, 3.63) is 58.7 Å². The lowest BCUT2D eigenvalue weighted by molar-refractivity contribution is -0.857. The Morgan fingerprint density at radius 1 is 1.15 bits per heavy atom. The lowest BCUT2D eigenvalue weighted by atomic mass is 9.94. The van der Waals surface area contributed by atoms with Crippen LogP contribution in [0.2, 0.25) is 0 Å². The molecule has 8 nitrogen and oxygen atoms in total. The summed E-state index contributed by atoms with van der Waals surface area (Å²) < 4.78 is 10.8. The summed E-state index contributed by atoms with van der Waals surface area (Å²) >= 11 is 0. The van der Waals surface area contributed by atoms with Crippen LogP contribution >= 0.6 is 0 Å². The number of carbonyl (C=O) groups excluding carboxylic acids is 2. The van der Waals surface area contributed by atoms with E-state index in [1.165, 1.54) is 11.0 Å². The molecule has 1 saturated heterocycles. The molecule has 2 aromatic rings. The zero-order valence-electron chi connectivity index (χ0n) is 19.6. The van der Waals surface area contributed by atoms with Crippen LogP contribution in [0.15, 0.2) is 42.0 Å². The maximum atomic E-state index is 13.5. The number of likely N-dealkylation sites (N-methyl/N-ethyl adjacent to an activating group) is 1. The molecule has 1 atom stereocenters. The van der Waals surface area contributed by atoms with Crippen LogP contribution in [-0.2, 0) is 9.59 Å². The van der Waals surface area contributed by atoms with Crippen molar-refractivity contribution in [2.24, 2.45) is 0 Å². The van der Waals surface area contributed by atoms with E-state index in [4.69, 9.17) is 9.47 Å². The number of hydrogen-bond acceptors (Lipinski definition) is 6. The second-order valence-corrected chi connectivity index (χ2v) is 8.27. The second kappa shape index (κ2) is 9.95. The highest BCUT2D eigenvalue weighted by molar-refractivity contribution is 6.46. The van der Waals surface area contributed by atoms with Crippen LogP contribution in [-0.4, -0.2) is 62.6 Å². The number of phenolic OH excluding ortho intramolecular Hbond substituents is 1. The van der Waals surface area contributed by atoms with Crippen molar-refractivity contribution in [2.75, 3.05) is 40.9 Å². The first-order valence-corrected chi connectivity index (χ1v) is 10.9. The number of carbonyl (C=O) groups is 2. The molecule has 176 valence electrons. The third kappa shape index (κ3) is 4.80. The normalized spacial score (nSPS) is 17.6. The topological polar surface area (TPSA) is 104 Å². The highest BCUT2D eigenvalue weighted by Crippen LogP contribution is 2.41. The Morgan fingerprint density at radius 2 is 1.88 bits per heavy atom. The SMILES string of the molecule is CCOc1cc(C2/C(=C(\[O-])c3ccc(OC)c(C)c3)C(=O)C(=O)N2CC[NH+](C)C)ccc1O. The number of phenols is 1. The lowest BCUT2D eigenvalue weighted by Crippen LogP contribution is -3.06. The summed E-state index contributed by atoms with van der Waals surface area (Å²) in [7, 11) is 5.43. The van der Waals surface area contributed by atoms with Gasteiger partial charge in [0.1, 0.15) is 5.75 Å². The Kier molecular flexibility index (Phi) is 7.28. The average molecular weight is 455 g/mol.